The largest absolute Gasteiger partial charge is 0.388 e. The molecule has 0 bridgehead atoms. The molecule has 0 saturated heterocycles. The number of benzene rings is 1. The third kappa shape index (κ3) is 4.56. The molecule has 0 aliphatic heterocycles. The zero-order valence-corrected chi connectivity index (χ0v) is 16.2. The summed E-state index contributed by atoms with van der Waals surface area (Å²) in [7, 11) is 0. The van der Waals surface area contributed by atoms with Gasteiger partial charge in [-0.1, -0.05) is 70.9 Å². The molecule has 1 fully saturated rings. The first kappa shape index (κ1) is 17.5. The Balaban J connectivity index is 1.99. The molecule has 0 amide bonds. The van der Waals surface area contributed by atoms with Crippen molar-refractivity contribution in [2.45, 2.75) is 64.9 Å². The molecule has 1 nitrogen and oxygen atoms in total. The molecular weight excluding hydrogens is 392 g/mol. The molecule has 1 aliphatic carbocycles. The maximum Gasteiger partial charge on any atom is 0.0829 e. The highest BCUT2D eigenvalue weighted by atomic mass is 79.9. The van der Waals surface area contributed by atoms with E-state index >= 15 is 0 Å². The number of aliphatic hydroxyl groups is 1. The van der Waals surface area contributed by atoms with Crippen LogP contribution in [-0.2, 0) is 0 Å². The van der Waals surface area contributed by atoms with Crippen LogP contribution in [0.1, 0.15) is 69.1 Å². The van der Waals surface area contributed by atoms with Crippen LogP contribution >= 0.6 is 31.9 Å². The predicted molar refractivity (Wildman–Crippen MR) is 96.5 cm³/mol. The molecule has 1 saturated carbocycles. The lowest BCUT2D eigenvalue weighted by Crippen LogP contribution is -2.21. The van der Waals surface area contributed by atoms with Crippen molar-refractivity contribution in [3.05, 3.63) is 32.2 Å². The minimum Gasteiger partial charge on any atom is -0.388 e. The average Bonchev–Trinajstić information content (AvgIpc) is 2.48. The van der Waals surface area contributed by atoms with E-state index in [0.29, 0.717) is 5.92 Å². The van der Waals surface area contributed by atoms with Crippen LogP contribution in [0.2, 0.25) is 0 Å². The predicted octanol–water partition coefficient (Wildman–Crippen LogP) is 6.55. The zero-order chi connectivity index (χ0) is 15.4. The number of unbranched alkanes of at least 4 members (excludes halogenated alkanes) is 1. The molecule has 21 heavy (non-hydrogen) atoms. The van der Waals surface area contributed by atoms with E-state index in [-0.39, 0.29) is 6.10 Å². The molecule has 0 spiro atoms. The number of hydrogen-bond donors (Lipinski definition) is 1. The van der Waals surface area contributed by atoms with Crippen LogP contribution in [0.5, 0.6) is 0 Å². The van der Waals surface area contributed by atoms with Crippen LogP contribution in [-0.4, -0.2) is 5.11 Å². The van der Waals surface area contributed by atoms with E-state index in [4.69, 9.17) is 0 Å². The summed E-state index contributed by atoms with van der Waals surface area (Å²) in [6, 6.07) is 4.17. The van der Waals surface area contributed by atoms with E-state index in [1.54, 1.807) is 0 Å². The van der Waals surface area contributed by atoms with Crippen LogP contribution < -0.4 is 0 Å². The van der Waals surface area contributed by atoms with E-state index in [1.165, 1.54) is 37.7 Å². The van der Waals surface area contributed by atoms with Crippen molar-refractivity contribution in [1.29, 1.82) is 0 Å². The molecular formula is C18H26Br2O. The van der Waals surface area contributed by atoms with Crippen LogP contribution in [0.15, 0.2) is 21.1 Å². The van der Waals surface area contributed by atoms with Gasteiger partial charge in [-0.15, -0.1) is 0 Å². The number of aryl methyl sites for hydroxylation is 1. The Bertz CT molecular complexity index is 465. The summed E-state index contributed by atoms with van der Waals surface area (Å²) in [5.74, 6) is 1.30. The minimum atomic E-state index is -0.344. The number of halogens is 2. The molecule has 0 heterocycles. The van der Waals surface area contributed by atoms with Gasteiger partial charge in [0, 0.05) is 8.95 Å². The average molecular weight is 418 g/mol. The third-order valence-corrected chi connectivity index (χ3v) is 6.44. The van der Waals surface area contributed by atoms with Crippen molar-refractivity contribution in [2.75, 3.05) is 0 Å². The SMILES string of the molecule is CCCCC1CCC(C(O)c2cc(Br)c(C)cc2Br)CC1. The standard InChI is InChI=1S/C18H26Br2O/c1-3-4-5-13-6-8-14(9-7-13)18(21)15-11-16(19)12(2)10-17(15)20/h10-11,13-14,18,21H,3-9H2,1-2H3. The Morgan fingerprint density at radius 3 is 2.43 bits per heavy atom. The van der Waals surface area contributed by atoms with Crippen molar-refractivity contribution < 1.29 is 5.11 Å². The zero-order valence-electron chi connectivity index (χ0n) is 13.0. The molecule has 3 heteroatoms. The van der Waals surface area contributed by atoms with Gasteiger partial charge >= 0.3 is 0 Å². The lowest BCUT2D eigenvalue weighted by Gasteiger charge is -2.32. The fraction of sp³-hybridized carbons (Fsp3) is 0.667. The van der Waals surface area contributed by atoms with Gasteiger partial charge in [0.25, 0.3) is 0 Å². The van der Waals surface area contributed by atoms with Crippen LogP contribution in [0.4, 0.5) is 0 Å². The van der Waals surface area contributed by atoms with E-state index in [9.17, 15) is 5.11 Å². The quantitative estimate of drug-likeness (QED) is 0.575. The smallest absolute Gasteiger partial charge is 0.0829 e. The highest BCUT2D eigenvalue weighted by Crippen LogP contribution is 2.41. The van der Waals surface area contributed by atoms with Crippen molar-refractivity contribution in [3.63, 3.8) is 0 Å². The first-order valence-corrected chi connectivity index (χ1v) is 9.75. The molecule has 1 atom stereocenters. The first-order chi connectivity index (χ1) is 10.0. The van der Waals surface area contributed by atoms with Gasteiger partial charge in [0.2, 0.25) is 0 Å². The van der Waals surface area contributed by atoms with E-state index in [1.807, 2.05) is 0 Å². The monoisotopic (exact) mass is 416 g/mol. The first-order valence-electron chi connectivity index (χ1n) is 8.16. The number of aliphatic hydroxyl groups excluding tert-OH is 1. The van der Waals surface area contributed by atoms with Gasteiger partial charge in [-0.3, -0.25) is 0 Å². The fourth-order valence-electron chi connectivity index (χ4n) is 3.43. The van der Waals surface area contributed by atoms with Crippen molar-refractivity contribution >= 4 is 31.9 Å². The number of rotatable bonds is 5. The molecule has 0 aromatic heterocycles. The lowest BCUT2D eigenvalue weighted by molar-refractivity contribution is 0.0714. The van der Waals surface area contributed by atoms with Crippen molar-refractivity contribution in [2.24, 2.45) is 11.8 Å². The normalized spacial score (nSPS) is 24.0. The molecule has 1 unspecified atom stereocenters. The van der Waals surface area contributed by atoms with Gasteiger partial charge in [0.05, 0.1) is 6.10 Å². The van der Waals surface area contributed by atoms with Gasteiger partial charge in [-0.05, 0) is 54.9 Å². The molecule has 1 aromatic rings. The Morgan fingerprint density at radius 2 is 1.81 bits per heavy atom. The van der Waals surface area contributed by atoms with Crippen LogP contribution in [0.3, 0.4) is 0 Å². The van der Waals surface area contributed by atoms with E-state index in [0.717, 1.165) is 33.3 Å². The van der Waals surface area contributed by atoms with Gasteiger partial charge in [0.1, 0.15) is 0 Å². The molecule has 2 rings (SSSR count). The molecule has 118 valence electrons. The third-order valence-electron chi connectivity index (χ3n) is 4.90. The highest BCUT2D eigenvalue weighted by Gasteiger charge is 2.28. The van der Waals surface area contributed by atoms with Crippen molar-refractivity contribution in [3.8, 4) is 0 Å². The number of hydrogen-bond acceptors (Lipinski definition) is 1. The second kappa shape index (κ2) is 8.12. The van der Waals surface area contributed by atoms with Crippen LogP contribution in [0.25, 0.3) is 0 Å². The van der Waals surface area contributed by atoms with E-state index in [2.05, 4.69) is 57.8 Å². The molecule has 1 aliphatic rings. The Hall–Kier alpha value is 0.140. The summed E-state index contributed by atoms with van der Waals surface area (Å²) in [5, 5.41) is 10.8. The lowest BCUT2D eigenvalue weighted by atomic mass is 9.76. The van der Waals surface area contributed by atoms with E-state index < -0.39 is 0 Å². The Labute approximate surface area is 145 Å². The molecule has 1 aromatic carbocycles. The summed E-state index contributed by atoms with van der Waals surface area (Å²) >= 11 is 7.19. The Morgan fingerprint density at radius 1 is 1.14 bits per heavy atom. The maximum absolute atomic E-state index is 10.8. The van der Waals surface area contributed by atoms with Crippen molar-refractivity contribution in [1.82, 2.24) is 0 Å². The van der Waals surface area contributed by atoms with Gasteiger partial charge in [0.15, 0.2) is 0 Å². The Kier molecular flexibility index (Phi) is 6.77. The summed E-state index contributed by atoms with van der Waals surface area (Å²) in [5.41, 5.74) is 2.23. The topological polar surface area (TPSA) is 20.2 Å². The highest BCUT2D eigenvalue weighted by molar-refractivity contribution is 9.11. The molecule has 0 radical (unpaired) electrons. The summed E-state index contributed by atoms with van der Waals surface area (Å²) in [6.07, 6.45) is 8.57. The van der Waals surface area contributed by atoms with Gasteiger partial charge < -0.3 is 5.11 Å². The minimum absolute atomic E-state index is 0.344. The second-order valence-electron chi connectivity index (χ2n) is 6.49. The summed E-state index contributed by atoms with van der Waals surface area (Å²) < 4.78 is 2.11. The van der Waals surface area contributed by atoms with Gasteiger partial charge in [-0.25, -0.2) is 0 Å². The summed E-state index contributed by atoms with van der Waals surface area (Å²) in [4.78, 5) is 0. The maximum atomic E-state index is 10.8. The van der Waals surface area contributed by atoms with Crippen LogP contribution in [0, 0.1) is 18.8 Å². The van der Waals surface area contributed by atoms with Gasteiger partial charge in [-0.2, -0.15) is 0 Å². The summed E-state index contributed by atoms with van der Waals surface area (Å²) in [6.45, 7) is 4.34. The second-order valence-corrected chi connectivity index (χ2v) is 8.20. The molecule has 1 N–H and O–H groups in total. The fourth-order valence-corrected chi connectivity index (χ4v) is 4.48.